The largest absolute Gasteiger partial charge is 0.481 e. The lowest BCUT2D eigenvalue weighted by Crippen LogP contribution is -2.10. The van der Waals surface area contributed by atoms with Crippen LogP contribution in [-0.4, -0.2) is 36.5 Å². The van der Waals surface area contributed by atoms with Gasteiger partial charge in [-0.1, -0.05) is 23.7 Å². The number of hydrogen-bond acceptors (Lipinski definition) is 5. The van der Waals surface area contributed by atoms with Crippen LogP contribution >= 0.6 is 22.9 Å². The number of benzene rings is 3. The van der Waals surface area contributed by atoms with Crippen LogP contribution in [-0.2, 0) is 18.3 Å². The van der Waals surface area contributed by atoms with Gasteiger partial charge < -0.3 is 10.2 Å². The Hall–Kier alpha value is -3.26. The van der Waals surface area contributed by atoms with Crippen molar-refractivity contribution in [3.63, 3.8) is 0 Å². The summed E-state index contributed by atoms with van der Waals surface area (Å²) in [6.07, 6.45) is -0.0478. The number of fused-ring (bicyclic) bond motifs is 2. The van der Waals surface area contributed by atoms with E-state index in [0.717, 1.165) is 59.6 Å². The average Bonchev–Trinajstić information content (AvgIpc) is 3.34. The molecule has 0 saturated heterocycles. The van der Waals surface area contributed by atoms with E-state index in [1.807, 2.05) is 55.9 Å². The standard InChI is InChI=1S/C25H20ClN3O2S.C4H10O/c1-13-10-20-24(23(18(13)12-22(30)31)15-4-7-17(26)8-5-15)32-25(27-20)16-6-9-21-19(11-16)14(2)28-29(21)3;1-4(2,3)5/h4-11H,12H2,1-3H3,(H,30,31);5H,1-3H3. The van der Waals surface area contributed by atoms with E-state index in [2.05, 4.69) is 23.3 Å². The van der Waals surface area contributed by atoms with Crippen LogP contribution in [0.2, 0.25) is 5.02 Å². The Bertz CT molecular complexity index is 1610. The molecule has 0 aliphatic carbocycles. The van der Waals surface area contributed by atoms with E-state index in [4.69, 9.17) is 21.7 Å². The molecule has 0 radical (unpaired) electrons. The third-order valence-corrected chi connectivity index (χ3v) is 7.14. The highest BCUT2D eigenvalue weighted by atomic mass is 35.5. The summed E-state index contributed by atoms with van der Waals surface area (Å²) in [5, 5.41) is 25.2. The normalized spacial score (nSPS) is 11.6. The molecular weight excluding hydrogens is 506 g/mol. The lowest BCUT2D eigenvalue weighted by atomic mass is 9.93. The number of aliphatic hydroxyl groups is 1. The predicted octanol–water partition coefficient (Wildman–Crippen LogP) is 7.19. The van der Waals surface area contributed by atoms with Crippen molar-refractivity contribution < 1.29 is 15.0 Å². The van der Waals surface area contributed by atoms with Crippen molar-refractivity contribution in [2.75, 3.05) is 0 Å². The minimum Gasteiger partial charge on any atom is -0.481 e. The van der Waals surface area contributed by atoms with E-state index in [9.17, 15) is 9.90 Å². The predicted molar refractivity (Wildman–Crippen MR) is 153 cm³/mol. The zero-order chi connectivity index (χ0) is 27.1. The molecule has 192 valence electrons. The summed E-state index contributed by atoms with van der Waals surface area (Å²) in [4.78, 5) is 16.6. The quantitative estimate of drug-likeness (QED) is 0.254. The molecule has 2 aromatic heterocycles. The molecule has 2 N–H and O–H groups in total. The van der Waals surface area contributed by atoms with Gasteiger partial charge in [-0.3, -0.25) is 9.48 Å². The maximum absolute atomic E-state index is 11.6. The maximum atomic E-state index is 11.6. The van der Waals surface area contributed by atoms with Crippen molar-refractivity contribution in [3.05, 3.63) is 70.4 Å². The number of thiazole rings is 1. The molecule has 6 nitrogen and oxygen atoms in total. The van der Waals surface area contributed by atoms with Crippen molar-refractivity contribution in [1.82, 2.24) is 14.8 Å². The van der Waals surface area contributed by atoms with Crippen LogP contribution in [0.4, 0.5) is 0 Å². The molecule has 3 aromatic carbocycles. The number of aliphatic carboxylic acids is 1. The summed E-state index contributed by atoms with van der Waals surface area (Å²) in [6, 6.07) is 15.8. The second kappa shape index (κ2) is 10.2. The zero-order valence-electron chi connectivity index (χ0n) is 21.8. The summed E-state index contributed by atoms with van der Waals surface area (Å²) in [7, 11) is 1.94. The number of hydrogen-bond donors (Lipinski definition) is 2. The molecule has 0 aliphatic rings. The van der Waals surface area contributed by atoms with Crippen LogP contribution in [0.3, 0.4) is 0 Å². The lowest BCUT2D eigenvalue weighted by molar-refractivity contribution is -0.136. The zero-order valence-corrected chi connectivity index (χ0v) is 23.3. The van der Waals surface area contributed by atoms with Crippen LogP contribution < -0.4 is 0 Å². The first-order valence-electron chi connectivity index (χ1n) is 11.9. The first-order chi connectivity index (χ1) is 17.3. The fourth-order valence-electron chi connectivity index (χ4n) is 4.23. The maximum Gasteiger partial charge on any atom is 0.307 e. The first-order valence-corrected chi connectivity index (χ1v) is 13.1. The SMILES string of the molecule is CC(C)(C)O.Cc1cc2nc(-c3ccc4c(c3)c(C)nn4C)sc2c(-c2ccc(Cl)cc2)c1CC(=O)O. The number of nitrogens with zero attached hydrogens (tertiary/aromatic N) is 3. The fourth-order valence-corrected chi connectivity index (χ4v) is 5.49. The highest BCUT2D eigenvalue weighted by molar-refractivity contribution is 7.22. The molecule has 2 heterocycles. The molecular formula is C29H30ClN3O3S. The molecule has 5 rings (SSSR count). The van der Waals surface area contributed by atoms with Crippen LogP contribution in [0.1, 0.15) is 37.6 Å². The van der Waals surface area contributed by atoms with Crippen LogP contribution in [0.15, 0.2) is 48.5 Å². The van der Waals surface area contributed by atoms with Gasteiger partial charge in [-0.05, 0) is 87.7 Å². The Morgan fingerprint density at radius 2 is 1.68 bits per heavy atom. The van der Waals surface area contributed by atoms with E-state index >= 15 is 0 Å². The summed E-state index contributed by atoms with van der Waals surface area (Å²) in [6.45, 7) is 9.18. The number of aryl methyl sites for hydroxylation is 3. The van der Waals surface area contributed by atoms with Gasteiger partial charge in [0, 0.05) is 28.6 Å². The Morgan fingerprint density at radius 3 is 2.30 bits per heavy atom. The molecule has 0 unspecified atom stereocenters. The van der Waals surface area contributed by atoms with Gasteiger partial charge in [0.2, 0.25) is 0 Å². The van der Waals surface area contributed by atoms with Crippen molar-refractivity contribution in [3.8, 4) is 21.7 Å². The number of carboxylic acids is 1. The van der Waals surface area contributed by atoms with Crippen molar-refractivity contribution in [2.45, 2.75) is 46.6 Å². The van der Waals surface area contributed by atoms with Gasteiger partial charge in [0.15, 0.2) is 0 Å². The molecule has 0 bridgehead atoms. The first kappa shape index (κ1) is 26.8. The Kier molecular flexibility index (Phi) is 7.42. The van der Waals surface area contributed by atoms with Crippen LogP contribution in [0, 0.1) is 13.8 Å². The van der Waals surface area contributed by atoms with E-state index in [1.165, 1.54) is 0 Å². The molecule has 0 aliphatic heterocycles. The van der Waals surface area contributed by atoms with E-state index in [1.54, 1.807) is 32.1 Å². The third-order valence-electron chi connectivity index (χ3n) is 5.75. The second-order valence-corrected chi connectivity index (χ2v) is 11.5. The van der Waals surface area contributed by atoms with Gasteiger partial charge in [0.05, 0.1) is 33.4 Å². The van der Waals surface area contributed by atoms with Gasteiger partial charge in [-0.15, -0.1) is 11.3 Å². The molecule has 0 amide bonds. The van der Waals surface area contributed by atoms with E-state index in [-0.39, 0.29) is 6.42 Å². The number of aromatic nitrogens is 3. The minimum absolute atomic E-state index is 0.0478. The summed E-state index contributed by atoms with van der Waals surface area (Å²) < 4.78 is 2.86. The Morgan fingerprint density at radius 1 is 1.05 bits per heavy atom. The van der Waals surface area contributed by atoms with Crippen molar-refractivity contribution in [2.24, 2.45) is 7.05 Å². The monoisotopic (exact) mass is 535 g/mol. The highest BCUT2D eigenvalue weighted by Crippen LogP contribution is 2.41. The molecule has 0 saturated carbocycles. The fraction of sp³-hybridized carbons (Fsp3) is 0.276. The Labute approximate surface area is 225 Å². The topological polar surface area (TPSA) is 88.2 Å². The van der Waals surface area contributed by atoms with E-state index in [0.29, 0.717) is 5.02 Å². The van der Waals surface area contributed by atoms with Crippen LogP contribution in [0.5, 0.6) is 0 Å². The number of rotatable bonds is 4. The van der Waals surface area contributed by atoms with Crippen molar-refractivity contribution in [1.29, 1.82) is 0 Å². The van der Waals surface area contributed by atoms with Gasteiger partial charge in [-0.2, -0.15) is 5.10 Å². The summed E-state index contributed by atoms with van der Waals surface area (Å²) >= 11 is 7.69. The van der Waals surface area contributed by atoms with Gasteiger partial charge in [-0.25, -0.2) is 4.98 Å². The van der Waals surface area contributed by atoms with Gasteiger partial charge in [0.25, 0.3) is 0 Å². The van der Waals surface area contributed by atoms with Gasteiger partial charge >= 0.3 is 5.97 Å². The molecule has 5 aromatic rings. The number of carbonyl (C=O) groups is 1. The highest BCUT2D eigenvalue weighted by Gasteiger charge is 2.20. The second-order valence-electron chi connectivity index (χ2n) is 10.1. The van der Waals surface area contributed by atoms with Crippen LogP contribution in [0.25, 0.3) is 42.8 Å². The smallest absolute Gasteiger partial charge is 0.307 e. The average molecular weight is 536 g/mol. The number of carboxylic acid groups (broad SMARTS) is 1. The van der Waals surface area contributed by atoms with E-state index < -0.39 is 11.6 Å². The molecule has 37 heavy (non-hydrogen) atoms. The molecule has 0 spiro atoms. The van der Waals surface area contributed by atoms with Crippen molar-refractivity contribution >= 4 is 50.0 Å². The number of halogens is 1. The molecule has 0 atom stereocenters. The Balaban J connectivity index is 0.000000586. The summed E-state index contributed by atoms with van der Waals surface area (Å²) in [5.74, 6) is -0.857. The minimum atomic E-state index is -0.857. The molecule has 8 heteroatoms. The lowest BCUT2D eigenvalue weighted by Gasteiger charge is -2.13. The third kappa shape index (κ3) is 6.01. The summed E-state index contributed by atoms with van der Waals surface area (Å²) in [5.41, 5.74) is 7.02. The molecule has 0 fully saturated rings. The van der Waals surface area contributed by atoms with Gasteiger partial charge in [0.1, 0.15) is 5.01 Å².